The van der Waals surface area contributed by atoms with Crippen LogP contribution in [0.1, 0.15) is 45.9 Å². The van der Waals surface area contributed by atoms with Crippen LogP contribution in [0.3, 0.4) is 0 Å². The van der Waals surface area contributed by atoms with E-state index in [1.165, 1.54) is 0 Å². The first-order valence-electron chi connectivity index (χ1n) is 8.14. The molecule has 0 saturated carbocycles. The van der Waals surface area contributed by atoms with Gasteiger partial charge in [-0.15, -0.1) is 0 Å². The van der Waals surface area contributed by atoms with Crippen molar-refractivity contribution in [2.75, 3.05) is 5.32 Å². The van der Waals surface area contributed by atoms with Crippen molar-refractivity contribution >= 4 is 22.8 Å². The van der Waals surface area contributed by atoms with E-state index in [1.54, 1.807) is 10.7 Å². The number of carbonyl (C=O) groups excluding carboxylic acids is 1. The number of pyridine rings is 1. The number of nitrogens with one attached hydrogen (secondary N) is 1. The maximum Gasteiger partial charge on any atom is 0.257 e. The summed E-state index contributed by atoms with van der Waals surface area (Å²) in [7, 11) is 1.83. The molecule has 7 nitrogen and oxygen atoms in total. The molecule has 7 heteroatoms. The first-order valence-corrected chi connectivity index (χ1v) is 8.14. The van der Waals surface area contributed by atoms with Crippen LogP contribution in [0, 0.1) is 13.8 Å². The molecule has 1 amide bonds. The van der Waals surface area contributed by atoms with Crippen LogP contribution >= 0.6 is 0 Å². The van der Waals surface area contributed by atoms with Gasteiger partial charge in [-0.2, -0.15) is 5.10 Å². The van der Waals surface area contributed by atoms with E-state index in [9.17, 15) is 4.79 Å². The number of hydrogen-bond acceptors (Lipinski definition) is 5. The Bertz CT molecular complexity index is 954. The average molecular weight is 325 g/mol. The lowest BCUT2D eigenvalue weighted by Gasteiger charge is -2.10. The first kappa shape index (κ1) is 14.9. The molecule has 24 heavy (non-hydrogen) atoms. The second-order valence-electron chi connectivity index (χ2n) is 6.31. The summed E-state index contributed by atoms with van der Waals surface area (Å²) in [5, 5.41) is 12.1. The van der Waals surface area contributed by atoms with Crippen LogP contribution in [0.15, 0.2) is 10.6 Å². The largest absolute Gasteiger partial charge is 0.359 e. The molecule has 1 aliphatic carbocycles. The van der Waals surface area contributed by atoms with Crippen molar-refractivity contribution in [3.05, 3.63) is 34.3 Å². The molecular formula is C17H19N5O2. The monoisotopic (exact) mass is 325 g/mol. The van der Waals surface area contributed by atoms with E-state index < -0.39 is 0 Å². The summed E-state index contributed by atoms with van der Waals surface area (Å²) in [6.45, 7) is 3.75. The molecule has 3 aromatic rings. The third kappa shape index (κ3) is 2.28. The maximum absolute atomic E-state index is 12.9. The van der Waals surface area contributed by atoms with Crippen molar-refractivity contribution in [3.8, 4) is 0 Å². The van der Waals surface area contributed by atoms with E-state index in [0.29, 0.717) is 17.0 Å². The zero-order valence-corrected chi connectivity index (χ0v) is 14.0. The van der Waals surface area contributed by atoms with Gasteiger partial charge in [0.15, 0.2) is 11.5 Å². The van der Waals surface area contributed by atoms with Crippen LogP contribution in [0.2, 0.25) is 0 Å². The zero-order chi connectivity index (χ0) is 16.8. The lowest BCUT2D eigenvalue weighted by molar-refractivity contribution is 0.102. The summed E-state index contributed by atoms with van der Waals surface area (Å²) in [6.07, 6.45) is 3.98. The van der Waals surface area contributed by atoms with Gasteiger partial charge >= 0.3 is 0 Å². The highest BCUT2D eigenvalue weighted by molar-refractivity contribution is 6.12. The molecule has 4 rings (SSSR count). The van der Waals surface area contributed by atoms with Crippen molar-refractivity contribution in [2.24, 2.45) is 7.05 Å². The molecule has 0 aromatic carbocycles. The van der Waals surface area contributed by atoms with Gasteiger partial charge in [0.05, 0.1) is 16.6 Å². The lowest BCUT2D eigenvalue weighted by Crippen LogP contribution is -2.15. The number of aromatic nitrogens is 4. The summed E-state index contributed by atoms with van der Waals surface area (Å²) >= 11 is 0. The molecule has 0 radical (unpaired) electrons. The van der Waals surface area contributed by atoms with E-state index in [-0.39, 0.29) is 5.91 Å². The highest BCUT2D eigenvalue weighted by Gasteiger charge is 2.23. The minimum Gasteiger partial charge on any atom is -0.359 e. The molecule has 3 aromatic heterocycles. The highest BCUT2D eigenvalue weighted by atomic mass is 16.5. The van der Waals surface area contributed by atoms with Gasteiger partial charge in [-0.3, -0.25) is 9.48 Å². The van der Waals surface area contributed by atoms with E-state index in [4.69, 9.17) is 4.52 Å². The Morgan fingerprint density at radius 2 is 2.08 bits per heavy atom. The summed E-state index contributed by atoms with van der Waals surface area (Å²) in [5.41, 5.74) is 3.86. The third-order valence-corrected chi connectivity index (χ3v) is 4.52. The second kappa shape index (κ2) is 5.43. The Labute approximate surface area is 139 Å². The molecular weight excluding hydrogens is 306 g/mol. The predicted octanol–water partition coefficient (Wildman–Crippen LogP) is 2.70. The highest BCUT2D eigenvalue weighted by Crippen LogP contribution is 2.28. The Morgan fingerprint density at radius 1 is 1.29 bits per heavy atom. The SMILES string of the molecule is Cc1cc(C(=O)Nc2noc3c2CCCC3)c2c(C)nn(C)c2n1. The summed E-state index contributed by atoms with van der Waals surface area (Å²) in [4.78, 5) is 17.4. The molecule has 0 atom stereocenters. The topological polar surface area (TPSA) is 85.8 Å². The number of hydrogen-bond donors (Lipinski definition) is 1. The van der Waals surface area contributed by atoms with Crippen LogP contribution < -0.4 is 5.32 Å². The van der Waals surface area contributed by atoms with Crippen molar-refractivity contribution in [3.63, 3.8) is 0 Å². The van der Waals surface area contributed by atoms with Crippen molar-refractivity contribution in [2.45, 2.75) is 39.5 Å². The van der Waals surface area contributed by atoms with Gasteiger partial charge in [-0.05, 0) is 39.2 Å². The van der Waals surface area contributed by atoms with Gasteiger partial charge in [-0.25, -0.2) is 4.98 Å². The van der Waals surface area contributed by atoms with Crippen LogP contribution in [0.4, 0.5) is 5.82 Å². The standard InChI is InChI=1S/C17H19N5O2/c1-9-8-12(14-10(2)20-22(3)16(14)18-9)17(23)19-15-11-6-4-5-7-13(11)24-21-15/h8H,4-7H2,1-3H3,(H,19,21,23). The molecule has 0 fully saturated rings. The molecule has 124 valence electrons. The van der Waals surface area contributed by atoms with Gasteiger partial charge < -0.3 is 9.84 Å². The zero-order valence-electron chi connectivity index (χ0n) is 14.0. The van der Waals surface area contributed by atoms with E-state index in [2.05, 4.69) is 20.6 Å². The van der Waals surface area contributed by atoms with Gasteiger partial charge in [0.25, 0.3) is 5.91 Å². The maximum atomic E-state index is 12.9. The number of aryl methyl sites for hydroxylation is 4. The average Bonchev–Trinajstić information content (AvgIpc) is 3.08. The van der Waals surface area contributed by atoms with Crippen LogP contribution in [0.25, 0.3) is 11.0 Å². The minimum atomic E-state index is -0.205. The number of amides is 1. The molecule has 3 heterocycles. The second-order valence-corrected chi connectivity index (χ2v) is 6.31. The molecule has 0 bridgehead atoms. The summed E-state index contributed by atoms with van der Waals surface area (Å²) in [6, 6.07) is 1.79. The number of anilines is 1. The normalized spacial score (nSPS) is 14.0. The number of fused-ring (bicyclic) bond motifs is 2. The Balaban J connectivity index is 1.75. The fraction of sp³-hybridized carbons (Fsp3) is 0.412. The summed E-state index contributed by atoms with van der Waals surface area (Å²) in [5.74, 6) is 1.23. The van der Waals surface area contributed by atoms with Gasteiger partial charge in [-0.1, -0.05) is 5.16 Å². The quantitative estimate of drug-likeness (QED) is 0.783. The molecule has 1 aliphatic rings. The lowest BCUT2D eigenvalue weighted by atomic mass is 9.98. The van der Waals surface area contributed by atoms with E-state index in [1.807, 2.05) is 20.9 Å². The van der Waals surface area contributed by atoms with E-state index in [0.717, 1.165) is 53.8 Å². The number of carbonyl (C=O) groups is 1. The third-order valence-electron chi connectivity index (χ3n) is 4.52. The van der Waals surface area contributed by atoms with Crippen LogP contribution in [-0.4, -0.2) is 25.8 Å². The Morgan fingerprint density at radius 3 is 2.92 bits per heavy atom. The fourth-order valence-electron chi connectivity index (χ4n) is 3.41. The Hall–Kier alpha value is -2.70. The predicted molar refractivity (Wildman–Crippen MR) is 89.1 cm³/mol. The van der Waals surface area contributed by atoms with Gasteiger partial charge in [0, 0.05) is 24.7 Å². The van der Waals surface area contributed by atoms with Gasteiger partial charge in [0.2, 0.25) is 0 Å². The molecule has 0 aliphatic heterocycles. The molecule has 0 unspecified atom stereocenters. The van der Waals surface area contributed by atoms with Crippen LogP contribution in [-0.2, 0) is 19.9 Å². The van der Waals surface area contributed by atoms with Crippen molar-refractivity contribution < 1.29 is 9.32 Å². The fourth-order valence-corrected chi connectivity index (χ4v) is 3.41. The minimum absolute atomic E-state index is 0.205. The Kier molecular flexibility index (Phi) is 3.37. The molecule has 0 spiro atoms. The first-order chi connectivity index (χ1) is 11.5. The number of rotatable bonds is 2. The van der Waals surface area contributed by atoms with Crippen molar-refractivity contribution in [1.82, 2.24) is 19.9 Å². The molecule has 1 N–H and O–H groups in total. The van der Waals surface area contributed by atoms with Crippen LogP contribution in [0.5, 0.6) is 0 Å². The van der Waals surface area contributed by atoms with E-state index >= 15 is 0 Å². The summed E-state index contributed by atoms with van der Waals surface area (Å²) < 4.78 is 7.07. The molecule has 0 saturated heterocycles. The smallest absolute Gasteiger partial charge is 0.257 e. The van der Waals surface area contributed by atoms with Gasteiger partial charge in [0.1, 0.15) is 5.76 Å². The van der Waals surface area contributed by atoms with Crippen molar-refractivity contribution in [1.29, 1.82) is 0 Å². The number of nitrogens with zero attached hydrogens (tertiary/aromatic N) is 4.